The van der Waals surface area contributed by atoms with Crippen molar-refractivity contribution in [3.63, 3.8) is 0 Å². The number of hydrogen-bond donors (Lipinski definition) is 1. The van der Waals surface area contributed by atoms with Crippen LogP contribution in [-0.4, -0.2) is 28.7 Å². The van der Waals surface area contributed by atoms with Gasteiger partial charge in [0.1, 0.15) is 5.00 Å². The number of carbonyl (C=O) groups is 2. The Bertz CT molecular complexity index is 1180. The average molecular weight is 474 g/mol. The molecule has 1 aliphatic rings. The van der Waals surface area contributed by atoms with Crippen LogP contribution in [0, 0.1) is 0 Å². The second-order valence-corrected chi connectivity index (χ2v) is 9.03. The number of pyridine rings is 1. The summed E-state index contributed by atoms with van der Waals surface area (Å²) in [5.41, 5.74) is 0.871. The third-order valence-corrected chi connectivity index (χ3v) is 6.82. The van der Waals surface area contributed by atoms with Crippen LogP contribution in [0.3, 0.4) is 0 Å². The summed E-state index contributed by atoms with van der Waals surface area (Å²) >= 11 is 1.36. The molecular weight excluding hydrogens is 451 g/mol. The maximum absolute atomic E-state index is 13.5. The molecule has 0 saturated carbocycles. The van der Waals surface area contributed by atoms with Crippen molar-refractivity contribution < 1.29 is 22.8 Å². The summed E-state index contributed by atoms with van der Waals surface area (Å²) in [6.07, 6.45) is 1.90. The summed E-state index contributed by atoms with van der Waals surface area (Å²) < 4.78 is 40.2. The molecule has 9 heteroatoms. The van der Waals surface area contributed by atoms with Crippen molar-refractivity contribution in [3.05, 3.63) is 81.5 Å². The Hall–Kier alpha value is -3.20. The van der Waals surface area contributed by atoms with Crippen LogP contribution in [0.1, 0.15) is 55.1 Å². The number of carbonyl (C=O) groups excluding carboxylic acids is 2. The van der Waals surface area contributed by atoms with Gasteiger partial charge in [0.05, 0.1) is 16.7 Å². The number of aromatic nitrogens is 1. The summed E-state index contributed by atoms with van der Waals surface area (Å²) in [6, 6.07) is 8.51. The fraction of sp³-hybridized carbons (Fsp3) is 0.292. The first-order valence-electron chi connectivity index (χ1n) is 10.5. The Labute approximate surface area is 193 Å². The number of rotatable bonds is 5. The third-order valence-electron chi connectivity index (χ3n) is 5.61. The fourth-order valence-electron chi connectivity index (χ4n) is 4.01. The lowest BCUT2D eigenvalue weighted by molar-refractivity contribution is -0.138. The van der Waals surface area contributed by atoms with E-state index in [0.717, 1.165) is 35.8 Å². The highest BCUT2D eigenvalue weighted by atomic mass is 32.1. The maximum atomic E-state index is 13.5. The van der Waals surface area contributed by atoms with Crippen LogP contribution in [0.4, 0.5) is 18.2 Å². The molecule has 0 bridgehead atoms. The fourth-order valence-corrected chi connectivity index (χ4v) is 5.28. The van der Waals surface area contributed by atoms with Crippen molar-refractivity contribution >= 4 is 28.2 Å². The minimum atomic E-state index is -4.51. The average Bonchev–Trinajstić information content (AvgIpc) is 3.16. The number of thiophene rings is 1. The molecule has 0 unspecified atom stereocenters. The maximum Gasteiger partial charge on any atom is 0.416 e. The summed E-state index contributed by atoms with van der Waals surface area (Å²) in [5.74, 6) is -0.798. The first kappa shape index (κ1) is 23.0. The highest BCUT2D eigenvalue weighted by Crippen LogP contribution is 2.39. The molecule has 172 valence electrons. The van der Waals surface area contributed by atoms with Crippen molar-refractivity contribution in [1.29, 1.82) is 0 Å². The molecule has 0 radical (unpaired) electrons. The number of benzene rings is 1. The minimum absolute atomic E-state index is 0.0193. The Morgan fingerprint density at radius 1 is 1.12 bits per heavy atom. The van der Waals surface area contributed by atoms with Gasteiger partial charge in [-0.2, -0.15) is 13.2 Å². The van der Waals surface area contributed by atoms with E-state index in [4.69, 9.17) is 0 Å². The molecule has 33 heavy (non-hydrogen) atoms. The lowest BCUT2D eigenvalue weighted by Crippen LogP contribution is -2.29. The zero-order chi connectivity index (χ0) is 23.6. The van der Waals surface area contributed by atoms with Crippen LogP contribution in [-0.2, 0) is 25.6 Å². The zero-order valence-electron chi connectivity index (χ0n) is 17.9. The molecule has 5 nitrogen and oxygen atoms in total. The van der Waals surface area contributed by atoms with Crippen LogP contribution >= 0.6 is 11.3 Å². The molecule has 2 heterocycles. The number of halogens is 3. The van der Waals surface area contributed by atoms with Crippen molar-refractivity contribution in [3.8, 4) is 0 Å². The van der Waals surface area contributed by atoms with Gasteiger partial charge in [0.15, 0.2) is 0 Å². The van der Waals surface area contributed by atoms with E-state index >= 15 is 0 Å². The number of amides is 2. The largest absolute Gasteiger partial charge is 0.416 e. The number of anilines is 1. The van der Waals surface area contributed by atoms with Crippen LogP contribution in [0.2, 0.25) is 0 Å². The van der Waals surface area contributed by atoms with Gasteiger partial charge < -0.3 is 10.2 Å². The van der Waals surface area contributed by atoms with Crippen molar-refractivity contribution in [2.75, 3.05) is 12.4 Å². The molecule has 1 N–H and O–H groups in total. The predicted molar refractivity (Wildman–Crippen MR) is 120 cm³/mol. The van der Waals surface area contributed by atoms with E-state index in [0.29, 0.717) is 22.5 Å². The summed E-state index contributed by atoms with van der Waals surface area (Å²) in [7, 11) is 1.48. The third kappa shape index (κ3) is 4.93. The molecule has 0 aliphatic heterocycles. The second-order valence-electron chi connectivity index (χ2n) is 7.93. The first-order chi connectivity index (χ1) is 15.8. The molecule has 0 atom stereocenters. The highest BCUT2D eigenvalue weighted by Gasteiger charge is 2.34. The molecular formula is C24H22F3N3O2S. The van der Waals surface area contributed by atoms with Crippen molar-refractivity contribution in [2.45, 2.75) is 38.4 Å². The molecule has 2 aromatic heterocycles. The number of fused-ring (bicyclic) bond motifs is 1. The van der Waals surface area contributed by atoms with Gasteiger partial charge in [-0.05, 0) is 55.0 Å². The summed E-state index contributed by atoms with van der Waals surface area (Å²) in [4.78, 5) is 32.5. The lowest BCUT2D eigenvalue weighted by Gasteiger charge is -2.22. The van der Waals surface area contributed by atoms with Crippen LogP contribution in [0.25, 0.3) is 0 Å². The van der Waals surface area contributed by atoms with E-state index in [2.05, 4.69) is 10.3 Å². The molecule has 3 aromatic rings. The van der Waals surface area contributed by atoms with Gasteiger partial charge in [-0.3, -0.25) is 14.6 Å². The van der Waals surface area contributed by atoms with E-state index in [1.807, 2.05) is 0 Å². The van der Waals surface area contributed by atoms with Gasteiger partial charge >= 0.3 is 6.18 Å². The van der Waals surface area contributed by atoms with Crippen LogP contribution in [0.5, 0.6) is 0 Å². The smallest absolute Gasteiger partial charge is 0.337 e. The lowest BCUT2D eigenvalue weighted by atomic mass is 9.95. The van der Waals surface area contributed by atoms with Gasteiger partial charge in [0, 0.05) is 30.9 Å². The quantitative estimate of drug-likeness (QED) is 0.527. The van der Waals surface area contributed by atoms with Crippen LogP contribution in [0.15, 0.2) is 48.8 Å². The molecule has 0 fully saturated rings. The topological polar surface area (TPSA) is 62.3 Å². The highest BCUT2D eigenvalue weighted by molar-refractivity contribution is 7.17. The normalized spacial score (nSPS) is 13.3. The van der Waals surface area contributed by atoms with E-state index < -0.39 is 17.6 Å². The zero-order valence-corrected chi connectivity index (χ0v) is 18.7. The van der Waals surface area contributed by atoms with Crippen molar-refractivity contribution in [1.82, 2.24) is 9.88 Å². The molecule has 0 spiro atoms. The van der Waals surface area contributed by atoms with Gasteiger partial charge in [-0.1, -0.05) is 18.2 Å². The Morgan fingerprint density at radius 3 is 2.61 bits per heavy atom. The van der Waals surface area contributed by atoms with Gasteiger partial charge in [-0.15, -0.1) is 11.3 Å². The predicted octanol–water partition coefficient (Wildman–Crippen LogP) is 5.57. The first-order valence-corrected chi connectivity index (χ1v) is 11.3. The number of hydrogen-bond acceptors (Lipinski definition) is 4. The number of nitrogens with zero attached hydrogens (tertiary/aromatic N) is 2. The number of nitrogens with one attached hydrogen (secondary N) is 1. The molecule has 1 aromatic carbocycles. The molecule has 2 amide bonds. The molecule has 0 saturated heterocycles. The van der Waals surface area contributed by atoms with E-state index in [-0.39, 0.29) is 18.0 Å². The number of alkyl halides is 3. The van der Waals surface area contributed by atoms with Gasteiger partial charge in [-0.25, -0.2) is 0 Å². The van der Waals surface area contributed by atoms with Gasteiger partial charge in [0.25, 0.3) is 11.8 Å². The van der Waals surface area contributed by atoms with Crippen molar-refractivity contribution in [2.24, 2.45) is 0 Å². The Kier molecular flexibility index (Phi) is 6.51. The summed E-state index contributed by atoms with van der Waals surface area (Å²) in [6.45, 7) is -0.199. The SMILES string of the molecule is CN(Cc1ccccc1C(F)(F)F)C(=O)c1c(NC(=O)c2cccnc2)sc2c1CCCC2. The Morgan fingerprint density at radius 2 is 1.88 bits per heavy atom. The summed E-state index contributed by atoms with van der Waals surface area (Å²) in [5, 5.41) is 3.26. The van der Waals surface area contributed by atoms with E-state index in [1.165, 1.54) is 47.7 Å². The number of aryl methyl sites for hydroxylation is 1. The monoisotopic (exact) mass is 473 g/mol. The Balaban J connectivity index is 1.64. The molecule has 1 aliphatic carbocycles. The second kappa shape index (κ2) is 9.35. The standard InChI is InChI=1S/C24H22F3N3O2S/c1-30(14-16-7-2-4-10-18(16)24(25,26)27)23(32)20-17-9-3-5-11-19(17)33-22(20)29-21(31)15-8-6-12-28-13-15/h2,4,6-8,10,12-13H,3,5,9,11,14H2,1H3,(H,29,31). The minimum Gasteiger partial charge on any atom is -0.337 e. The van der Waals surface area contributed by atoms with E-state index in [1.54, 1.807) is 18.3 Å². The van der Waals surface area contributed by atoms with Crippen LogP contribution < -0.4 is 5.32 Å². The van der Waals surface area contributed by atoms with Gasteiger partial charge in [0.2, 0.25) is 0 Å². The van der Waals surface area contributed by atoms with E-state index in [9.17, 15) is 22.8 Å². The molecule has 4 rings (SSSR count).